The number of rotatable bonds is 19. The number of carboxylic acid groups (broad SMARTS) is 1. The Labute approximate surface area is 515 Å². The summed E-state index contributed by atoms with van der Waals surface area (Å²) in [6, 6.07) is 6.45. The van der Waals surface area contributed by atoms with Gasteiger partial charge in [-0.05, 0) is 78.9 Å². The topological polar surface area (TPSA) is 719 Å². The maximum absolute atomic E-state index is 13.2. The second-order valence-electron chi connectivity index (χ2n) is 17.9. The Hall–Kier alpha value is -9.98. The smallest absolute Gasteiger partial charge is 0.358 e. The molecule has 8 rings (SSSR count). The van der Waals surface area contributed by atoms with E-state index in [2.05, 4.69) is 46.0 Å². The third-order valence-corrected chi connectivity index (χ3v) is 19.1. The number of nitro benzene ring substituents is 1. The molecule has 490 valence electrons. The van der Waals surface area contributed by atoms with Crippen molar-refractivity contribution in [3.8, 4) is 23.1 Å². The Morgan fingerprint density at radius 3 is 1.32 bits per heavy atom. The highest BCUT2D eigenvalue weighted by atomic mass is 32.2. The van der Waals surface area contributed by atoms with Gasteiger partial charge in [0.25, 0.3) is 86.6 Å². The molecule has 0 saturated carbocycles. The van der Waals surface area contributed by atoms with E-state index in [0.29, 0.717) is 28.9 Å². The maximum Gasteiger partial charge on any atom is 0.358 e. The third-order valence-electron chi connectivity index (χ3n) is 12.1. The number of nitrogens with zero attached hydrogens (tertiary/aromatic N) is 11. The summed E-state index contributed by atoms with van der Waals surface area (Å²) >= 11 is 0. The summed E-state index contributed by atoms with van der Waals surface area (Å²) in [4.78, 5) is 11.3. The van der Waals surface area contributed by atoms with Gasteiger partial charge in [-0.2, -0.15) is 77.1 Å². The van der Waals surface area contributed by atoms with Gasteiger partial charge in [-0.3, -0.25) is 46.5 Å². The fraction of sp³-hybridized carbons (Fsp3) is 0. The van der Waals surface area contributed by atoms with Crippen molar-refractivity contribution in [2.75, 3.05) is 5.73 Å². The lowest BCUT2D eigenvalue weighted by Gasteiger charge is -2.15. The number of azo groups is 4. The van der Waals surface area contributed by atoms with Crippen LogP contribution in [-0.4, -0.2) is 145 Å². The predicted molar refractivity (Wildman–Crippen MR) is 303 cm³/mol. The molecule has 0 aliphatic heterocycles. The minimum absolute atomic E-state index is 0.0203. The van der Waals surface area contributed by atoms with Crippen LogP contribution in [0.4, 0.5) is 56.9 Å². The monoisotopic (exact) mass is 1450 g/mol. The summed E-state index contributed by atoms with van der Waals surface area (Å²) in [7, 11) is -44.8. The van der Waals surface area contributed by atoms with Gasteiger partial charge in [0.1, 0.15) is 68.4 Å². The lowest BCUT2D eigenvalue weighted by Crippen LogP contribution is -2.04. The van der Waals surface area contributed by atoms with Crippen LogP contribution in [0.2, 0.25) is 0 Å². The van der Waals surface area contributed by atoms with Crippen LogP contribution in [0.15, 0.2) is 165 Å². The standard InChI is InChI=1S/C42H28N12O31S8/c43-33-25(14-27(88(68,69)70)20-11-31(92(80,81)82)35(39(56)32(20)33)50-44-21-7-5-17(87(65,66)67)9-26(21)54(60)61)48-45-22-8-6-18-19(40(22)93(83,84)85)10-30(91(77,78)79)34(38(18)55)49-46-23-12-29(90(74,75)76)24(13-28(23)89(71,72)73)47-51-36-37(42(58)59)52-53(41(36)57)15-1-3-16(4-2-15)86(62,63)64/h1-14,55-57H,43H2,(H,58,59)(H,62,63,64)(H,65,66,67)(H,68,69,70)(H,71,72,73)(H,74,75,76)(H,77,78,79)(H,80,81,82)(H,83,84,85). The van der Waals surface area contributed by atoms with Crippen molar-refractivity contribution in [2.24, 2.45) is 40.9 Å². The van der Waals surface area contributed by atoms with Gasteiger partial charge in [-0.15, -0.1) is 40.9 Å². The first-order chi connectivity index (χ1) is 42.5. The Morgan fingerprint density at radius 2 is 0.860 bits per heavy atom. The van der Waals surface area contributed by atoms with Crippen LogP contribution in [0.5, 0.6) is 17.4 Å². The van der Waals surface area contributed by atoms with E-state index in [1.807, 2.05) is 0 Å². The van der Waals surface area contributed by atoms with E-state index in [1.54, 1.807) is 0 Å². The number of nitro groups is 1. The van der Waals surface area contributed by atoms with Crippen molar-refractivity contribution in [3.05, 3.63) is 101 Å². The Balaban J connectivity index is 1.28. The second kappa shape index (κ2) is 23.6. The molecule has 14 N–H and O–H groups in total. The molecule has 8 aromatic rings. The van der Waals surface area contributed by atoms with Gasteiger partial charge in [-0.1, -0.05) is 0 Å². The average molecular weight is 1450 g/mol. The van der Waals surface area contributed by atoms with Crippen molar-refractivity contribution >= 4 is 165 Å². The maximum atomic E-state index is 13.2. The van der Waals surface area contributed by atoms with Crippen molar-refractivity contribution in [1.29, 1.82) is 0 Å². The van der Waals surface area contributed by atoms with Gasteiger partial charge in [0.05, 0.1) is 26.6 Å². The van der Waals surface area contributed by atoms with Gasteiger partial charge in [0.15, 0.2) is 22.9 Å². The number of phenolic OH excluding ortho intramolecular Hbond substituents is 2. The Morgan fingerprint density at radius 1 is 0.441 bits per heavy atom. The summed E-state index contributed by atoms with van der Waals surface area (Å²) in [6.07, 6.45) is 0. The number of nitrogens with two attached hydrogens (primary N) is 1. The SMILES string of the molecule is Nc1c(N=Nc2ccc3c(O)c(N=Nc4cc(S(=O)(=O)O)c(N=Nc5c(C(=O)O)nn(-c6ccc(S(=O)(=O)O)cc6)c5O)cc4S(=O)(=O)O)c(S(=O)(=O)O)cc3c2S(=O)(=O)O)cc(S(=O)(=O)O)c2cc(S(=O)(=O)O)c(N=Nc3ccc(S(=O)(=O)O)cc3[N+](=O)[O-])c(O)c12. The number of hydrogen-bond donors (Lipinski definition) is 13. The number of aromatic nitrogens is 2. The zero-order valence-corrected chi connectivity index (χ0v) is 50.5. The zero-order valence-electron chi connectivity index (χ0n) is 44.0. The molecule has 0 atom stereocenters. The van der Waals surface area contributed by atoms with Crippen LogP contribution in [0, 0.1) is 10.1 Å². The highest BCUT2D eigenvalue weighted by Gasteiger charge is 2.33. The van der Waals surface area contributed by atoms with Crippen LogP contribution < -0.4 is 5.73 Å². The molecule has 0 radical (unpaired) electrons. The molecular formula is C42H28N12O31S8. The fourth-order valence-electron chi connectivity index (χ4n) is 8.12. The number of phenols is 2. The van der Waals surface area contributed by atoms with Gasteiger partial charge >= 0.3 is 5.97 Å². The van der Waals surface area contributed by atoms with Crippen LogP contribution >= 0.6 is 0 Å². The number of aromatic hydroxyl groups is 3. The molecule has 43 nitrogen and oxygen atoms in total. The van der Waals surface area contributed by atoms with E-state index in [4.69, 9.17) is 5.73 Å². The van der Waals surface area contributed by atoms with Crippen LogP contribution in [0.1, 0.15) is 10.5 Å². The highest BCUT2D eigenvalue weighted by molar-refractivity contribution is 7.88. The average Bonchev–Trinajstić information content (AvgIpc) is 1.37. The highest BCUT2D eigenvalue weighted by Crippen LogP contribution is 2.51. The number of benzene rings is 7. The molecule has 0 unspecified atom stereocenters. The first-order valence-corrected chi connectivity index (χ1v) is 34.6. The Bertz CT molecular complexity index is 5790. The summed E-state index contributed by atoms with van der Waals surface area (Å²) in [6.45, 7) is 0. The molecule has 1 aromatic heterocycles. The van der Waals surface area contributed by atoms with Crippen molar-refractivity contribution < 1.29 is 134 Å². The molecule has 0 amide bonds. The number of carboxylic acids is 1. The van der Waals surface area contributed by atoms with Gasteiger partial charge < -0.3 is 26.2 Å². The van der Waals surface area contributed by atoms with E-state index in [-0.39, 0.29) is 42.1 Å². The molecule has 0 fully saturated rings. The number of aromatic carboxylic acids is 1. The van der Waals surface area contributed by atoms with E-state index in [1.165, 1.54) is 0 Å². The van der Waals surface area contributed by atoms with Gasteiger partial charge in [0, 0.05) is 22.2 Å². The normalized spacial score (nSPS) is 13.4. The van der Waals surface area contributed by atoms with Crippen molar-refractivity contribution in [3.63, 3.8) is 0 Å². The summed E-state index contributed by atoms with van der Waals surface area (Å²) in [5, 5.41) is 82.0. The van der Waals surface area contributed by atoms with Crippen LogP contribution in [-0.2, 0) is 80.9 Å². The van der Waals surface area contributed by atoms with E-state index in [0.717, 1.165) is 24.3 Å². The first-order valence-electron chi connectivity index (χ1n) is 23.1. The fourth-order valence-corrected chi connectivity index (χ4v) is 13.2. The number of anilines is 1. The van der Waals surface area contributed by atoms with Crippen molar-refractivity contribution in [2.45, 2.75) is 39.2 Å². The summed E-state index contributed by atoms with van der Waals surface area (Å²) < 4.78 is 281. The van der Waals surface area contributed by atoms with Gasteiger partial charge in [-0.25, -0.2) is 4.79 Å². The summed E-state index contributed by atoms with van der Waals surface area (Å²) in [5.41, 5.74) is -7.76. The summed E-state index contributed by atoms with van der Waals surface area (Å²) in [5.74, 6) is -6.46. The van der Waals surface area contributed by atoms with Gasteiger partial charge in [0.2, 0.25) is 11.6 Å². The molecule has 0 aliphatic rings. The molecular weight excluding hydrogens is 1430 g/mol. The molecule has 1 heterocycles. The molecule has 93 heavy (non-hydrogen) atoms. The number of fused-ring (bicyclic) bond motifs is 2. The predicted octanol–water partition coefficient (Wildman–Crippen LogP) is 6.12. The zero-order chi connectivity index (χ0) is 69.6. The number of nitrogen functional groups attached to an aromatic ring is 1. The third kappa shape index (κ3) is 14.0. The van der Waals surface area contributed by atoms with Crippen molar-refractivity contribution in [1.82, 2.24) is 9.78 Å². The number of carbonyl (C=O) groups is 1. The molecule has 7 aromatic carbocycles. The lowest BCUT2D eigenvalue weighted by molar-refractivity contribution is -0.384. The lowest BCUT2D eigenvalue weighted by atomic mass is 10.0. The number of hydrogen-bond acceptors (Lipinski definition) is 32. The Kier molecular flexibility index (Phi) is 17.5. The molecule has 0 bridgehead atoms. The van der Waals surface area contributed by atoms with E-state index < -0.39 is 232 Å². The second-order valence-corrected chi connectivity index (χ2v) is 29.1. The van der Waals surface area contributed by atoms with E-state index in [9.17, 15) is 139 Å². The van der Waals surface area contributed by atoms with Crippen LogP contribution in [0.25, 0.3) is 27.2 Å². The largest absolute Gasteiger partial charge is 0.505 e. The minimum atomic E-state index is -5.96. The quantitative estimate of drug-likeness (QED) is 0.0142. The van der Waals surface area contributed by atoms with Crippen LogP contribution in [0.3, 0.4) is 0 Å². The van der Waals surface area contributed by atoms with E-state index >= 15 is 0 Å². The first kappa shape index (κ1) is 68.9. The molecule has 0 aliphatic carbocycles. The minimum Gasteiger partial charge on any atom is -0.505 e. The molecule has 0 spiro atoms. The molecule has 0 saturated heterocycles. The molecule has 51 heteroatoms.